The maximum Gasteiger partial charge on any atom is 0.302 e. The predicted octanol–water partition coefficient (Wildman–Crippen LogP) is 3.70. The molecule has 0 saturated carbocycles. The second kappa shape index (κ2) is 11.5. The Morgan fingerprint density at radius 3 is 1.85 bits per heavy atom. The largest absolute Gasteiger partial charge is 0.461 e. The Morgan fingerprint density at radius 1 is 1.05 bits per heavy atom. The number of ether oxygens (including phenoxy) is 1. The van der Waals surface area contributed by atoms with Gasteiger partial charge >= 0.3 is 5.97 Å². The van der Waals surface area contributed by atoms with Crippen LogP contribution >= 0.6 is 32.9 Å². The molecule has 0 aliphatic carbocycles. The Morgan fingerprint density at radius 2 is 1.50 bits per heavy atom. The maximum absolute atomic E-state index is 10.4. The van der Waals surface area contributed by atoms with Crippen molar-refractivity contribution in [1.82, 2.24) is 9.97 Å². The molecule has 0 amide bonds. The van der Waals surface area contributed by atoms with Gasteiger partial charge in [0.1, 0.15) is 6.61 Å². The van der Waals surface area contributed by atoms with Crippen molar-refractivity contribution in [3.63, 3.8) is 0 Å². The SMILES string of the molecule is Br.BrCc1ccncc1.CC(=O)OCc1ccncc1. The molecule has 0 spiro atoms. The molecule has 2 rings (SSSR count). The molecule has 0 saturated heterocycles. The normalized spacial score (nSPS) is 8.70. The molecule has 4 nitrogen and oxygen atoms in total. The number of nitrogens with zero attached hydrogens (tertiary/aromatic N) is 2. The molecular weight excluding hydrogens is 388 g/mol. The van der Waals surface area contributed by atoms with Crippen LogP contribution < -0.4 is 0 Å². The summed E-state index contributed by atoms with van der Waals surface area (Å²) < 4.78 is 4.76. The van der Waals surface area contributed by atoms with Gasteiger partial charge in [0.15, 0.2) is 0 Å². The van der Waals surface area contributed by atoms with Crippen molar-refractivity contribution < 1.29 is 9.53 Å². The highest BCUT2D eigenvalue weighted by Gasteiger charge is 1.93. The molecule has 2 aromatic heterocycles. The lowest BCUT2D eigenvalue weighted by molar-refractivity contribution is -0.142. The van der Waals surface area contributed by atoms with Gasteiger partial charge in [-0.1, -0.05) is 15.9 Å². The van der Waals surface area contributed by atoms with Crippen molar-refractivity contribution in [2.75, 3.05) is 0 Å². The van der Waals surface area contributed by atoms with Crippen LogP contribution in [-0.2, 0) is 21.5 Å². The van der Waals surface area contributed by atoms with E-state index >= 15 is 0 Å². The Kier molecular flexibility index (Phi) is 10.8. The summed E-state index contributed by atoms with van der Waals surface area (Å²) in [6.07, 6.45) is 6.91. The molecular formula is C14H16Br2N2O2. The summed E-state index contributed by atoms with van der Waals surface area (Å²) in [5, 5.41) is 0.912. The second-order valence-electron chi connectivity index (χ2n) is 3.62. The lowest BCUT2D eigenvalue weighted by Gasteiger charge is -1.99. The van der Waals surface area contributed by atoms with Crippen molar-refractivity contribution >= 4 is 38.9 Å². The Bertz CT molecular complexity index is 481. The number of aromatic nitrogens is 2. The summed E-state index contributed by atoms with van der Waals surface area (Å²) in [6, 6.07) is 7.58. The summed E-state index contributed by atoms with van der Waals surface area (Å²) in [5.41, 5.74) is 2.22. The first kappa shape index (κ1) is 18.7. The monoisotopic (exact) mass is 402 g/mol. The number of alkyl halides is 1. The minimum atomic E-state index is -0.262. The van der Waals surface area contributed by atoms with Crippen LogP contribution in [0.5, 0.6) is 0 Å². The summed E-state index contributed by atoms with van der Waals surface area (Å²) >= 11 is 3.33. The number of esters is 1. The van der Waals surface area contributed by atoms with Crippen molar-refractivity contribution in [2.24, 2.45) is 0 Å². The number of hydrogen-bond donors (Lipinski definition) is 0. The van der Waals surface area contributed by atoms with E-state index in [0.29, 0.717) is 6.61 Å². The molecule has 0 aliphatic heterocycles. The first-order valence-corrected chi connectivity index (χ1v) is 6.81. The summed E-state index contributed by atoms with van der Waals surface area (Å²) in [7, 11) is 0. The second-order valence-corrected chi connectivity index (χ2v) is 4.19. The zero-order chi connectivity index (χ0) is 13.9. The zero-order valence-corrected chi connectivity index (χ0v) is 14.3. The smallest absolute Gasteiger partial charge is 0.302 e. The number of pyridine rings is 2. The van der Waals surface area contributed by atoms with Gasteiger partial charge in [-0.05, 0) is 35.4 Å². The van der Waals surface area contributed by atoms with E-state index in [4.69, 9.17) is 4.74 Å². The highest BCUT2D eigenvalue weighted by molar-refractivity contribution is 9.08. The molecule has 2 aromatic rings. The van der Waals surface area contributed by atoms with Gasteiger partial charge < -0.3 is 4.74 Å². The third-order valence-electron chi connectivity index (χ3n) is 2.10. The van der Waals surface area contributed by atoms with E-state index in [1.165, 1.54) is 12.5 Å². The Balaban J connectivity index is 0.000000359. The van der Waals surface area contributed by atoms with E-state index in [-0.39, 0.29) is 23.0 Å². The summed E-state index contributed by atoms with van der Waals surface area (Å²) in [4.78, 5) is 18.1. The van der Waals surface area contributed by atoms with E-state index in [9.17, 15) is 4.79 Å². The number of carbonyl (C=O) groups is 1. The average Bonchev–Trinajstić information content (AvgIpc) is 2.48. The third-order valence-corrected chi connectivity index (χ3v) is 2.74. The fourth-order valence-corrected chi connectivity index (χ4v) is 1.51. The third kappa shape index (κ3) is 8.77. The van der Waals surface area contributed by atoms with Crippen LogP contribution in [0.15, 0.2) is 49.1 Å². The quantitative estimate of drug-likeness (QED) is 0.579. The number of halogens is 2. The molecule has 0 aliphatic rings. The first-order valence-electron chi connectivity index (χ1n) is 5.69. The number of carbonyl (C=O) groups excluding carboxylic acids is 1. The van der Waals surface area contributed by atoms with Gasteiger partial charge in [0.05, 0.1) is 0 Å². The lowest BCUT2D eigenvalue weighted by atomic mass is 10.3. The van der Waals surface area contributed by atoms with E-state index < -0.39 is 0 Å². The highest BCUT2D eigenvalue weighted by atomic mass is 79.9. The molecule has 2 heterocycles. The number of hydrogen-bond acceptors (Lipinski definition) is 4. The van der Waals surface area contributed by atoms with E-state index in [1.807, 2.05) is 24.3 Å². The molecule has 0 atom stereocenters. The minimum absolute atomic E-state index is 0. The first-order chi connectivity index (χ1) is 9.22. The van der Waals surface area contributed by atoms with Gasteiger partial charge in [-0.2, -0.15) is 0 Å². The Hall–Kier alpha value is -1.27. The molecule has 0 N–H and O–H groups in total. The van der Waals surface area contributed by atoms with Crippen LogP contribution in [0.25, 0.3) is 0 Å². The summed E-state index contributed by atoms with van der Waals surface area (Å²) in [6.45, 7) is 1.72. The molecule has 6 heteroatoms. The van der Waals surface area contributed by atoms with Gasteiger partial charge in [-0.15, -0.1) is 17.0 Å². The van der Waals surface area contributed by atoms with E-state index in [1.54, 1.807) is 24.8 Å². The van der Waals surface area contributed by atoms with Crippen molar-refractivity contribution in [1.29, 1.82) is 0 Å². The molecule has 0 unspecified atom stereocenters. The van der Waals surface area contributed by atoms with Gasteiger partial charge in [-0.3, -0.25) is 14.8 Å². The highest BCUT2D eigenvalue weighted by Crippen LogP contribution is 2.00. The van der Waals surface area contributed by atoms with Crippen molar-refractivity contribution in [2.45, 2.75) is 18.9 Å². The van der Waals surface area contributed by atoms with Crippen LogP contribution in [0.1, 0.15) is 18.1 Å². The fraction of sp³-hybridized carbons (Fsp3) is 0.214. The number of rotatable bonds is 3. The predicted molar refractivity (Wildman–Crippen MR) is 86.9 cm³/mol. The van der Waals surface area contributed by atoms with Gasteiger partial charge in [0.25, 0.3) is 0 Å². The molecule has 0 aromatic carbocycles. The van der Waals surface area contributed by atoms with Crippen LogP contribution in [0.3, 0.4) is 0 Å². The van der Waals surface area contributed by atoms with Crippen LogP contribution in [-0.4, -0.2) is 15.9 Å². The molecule has 0 bridgehead atoms. The standard InChI is InChI=1S/C8H9NO2.C6H6BrN.BrH/c1-7(10)11-6-8-2-4-9-5-3-8;7-5-6-1-3-8-4-2-6;/h2-5H,6H2,1H3;1-4H,5H2;1H. The van der Waals surface area contributed by atoms with Crippen LogP contribution in [0, 0.1) is 0 Å². The van der Waals surface area contributed by atoms with Gasteiger partial charge in [-0.25, -0.2) is 0 Å². The fourth-order valence-electron chi connectivity index (χ4n) is 1.14. The molecule has 0 fully saturated rings. The summed E-state index contributed by atoms with van der Waals surface area (Å²) in [5.74, 6) is -0.262. The molecule has 20 heavy (non-hydrogen) atoms. The van der Waals surface area contributed by atoms with E-state index in [2.05, 4.69) is 25.9 Å². The lowest BCUT2D eigenvalue weighted by Crippen LogP contribution is -1.98. The van der Waals surface area contributed by atoms with Gasteiger partial charge in [0.2, 0.25) is 0 Å². The Labute approximate surface area is 137 Å². The molecule has 108 valence electrons. The van der Waals surface area contributed by atoms with Gasteiger partial charge in [0, 0.05) is 37.0 Å². The maximum atomic E-state index is 10.4. The average molecular weight is 404 g/mol. The van der Waals surface area contributed by atoms with Crippen molar-refractivity contribution in [3.8, 4) is 0 Å². The van der Waals surface area contributed by atoms with Crippen LogP contribution in [0.2, 0.25) is 0 Å². The van der Waals surface area contributed by atoms with E-state index in [0.717, 1.165) is 10.9 Å². The topological polar surface area (TPSA) is 52.1 Å². The van der Waals surface area contributed by atoms with Crippen LogP contribution in [0.4, 0.5) is 0 Å². The van der Waals surface area contributed by atoms with Crippen molar-refractivity contribution in [3.05, 3.63) is 60.2 Å². The molecule has 0 radical (unpaired) electrons. The minimum Gasteiger partial charge on any atom is -0.461 e. The zero-order valence-electron chi connectivity index (χ0n) is 11.0.